The first kappa shape index (κ1) is 21.9. The summed E-state index contributed by atoms with van der Waals surface area (Å²) in [5.41, 5.74) is 6.22. The first-order valence-corrected chi connectivity index (χ1v) is 10.7. The Hall–Kier alpha value is -4.32. The molecule has 0 heterocycles. The van der Waals surface area contributed by atoms with Crippen LogP contribution < -0.4 is 20.3 Å². The van der Waals surface area contributed by atoms with E-state index in [-0.39, 0.29) is 12.3 Å². The molecule has 0 radical (unpaired) electrons. The quantitative estimate of drug-likeness (QED) is 0.316. The monoisotopic (exact) mass is 440 g/mol. The number of rotatable bonds is 8. The molecule has 0 saturated heterocycles. The minimum Gasteiger partial charge on any atom is -0.490 e. The van der Waals surface area contributed by atoms with E-state index in [1.807, 2.05) is 72.8 Å². The molecule has 0 fully saturated rings. The number of para-hydroxylation sites is 1. The van der Waals surface area contributed by atoms with Crippen molar-refractivity contribution in [3.63, 3.8) is 0 Å². The van der Waals surface area contributed by atoms with E-state index in [0.29, 0.717) is 24.5 Å². The molecule has 0 spiro atoms. The largest absolute Gasteiger partial charge is 0.490 e. The summed E-state index contributed by atoms with van der Waals surface area (Å²) in [5.74, 6) is 0.590. The summed E-state index contributed by atoms with van der Waals surface area (Å²) < 4.78 is 11.3. The number of hydrazine groups is 1. The summed E-state index contributed by atoms with van der Waals surface area (Å²) in [6, 6.07) is 29.9. The van der Waals surface area contributed by atoms with Crippen LogP contribution in [0.4, 0.5) is 0 Å². The highest BCUT2D eigenvalue weighted by Crippen LogP contribution is 2.19. The van der Waals surface area contributed by atoms with Gasteiger partial charge >= 0.3 is 0 Å². The topological polar surface area (TPSA) is 76.7 Å². The number of amides is 2. The zero-order valence-corrected chi connectivity index (χ0v) is 18.0. The fourth-order valence-corrected chi connectivity index (χ4v) is 3.43. The third-order valence-electron chi connectivity index (χ3n) is 5.01. The smallest absolute Gasteiger partial charge is 0.269 e. The van der Waals surface area contributed by atoms with Gasteiger partial charge in [0.15, 0.2) is 0 Å². The second-order valence-corrected chi connectivity index (χ2v) is 7.36. The summed E-state index contributed by atoms with van der Waals surface area (Å²) in [4.78, 5) is 24.9. The van der Waals surface area contributed by atoms with Gasteiger partial charge < -0.3 is 9.47 Å². The Morgan fingerprint density at radius 1 is 0.667 bits per heavy atom. The van der Waals surface area contributed by atoms with Crippen molar-refractivity contribution >= 4 is 22.6 Å². The molecule has 6 heteroatoms. The van der Waals surface area contributed by atoms with Gasteiger partial charge in [0, 0.05) is 5.56 Å². The molecule has 0 aromatic heterocycles. The van der Waals surface area contributed by atoms with Crippen LogP contribution >= 0.6 is 0 Å². The molecule has 0 atom stereocenters. The standard InChI is InChI=1S/C27H24N2O4/c30-26(19-21-10-6-9-20-8-4-5-15-25(20)21)28-29-27(31)22-11-7-14-24(18-22)33-17-16-32-23-12-2-1-3-13-23/h1-15,18H,16-17,19H2,(H,28,30)(H,29,31). The molecule has 4 aromatic carbocycles. The van der Waals surface area contributed by atoms with E-state index >= 15 is 0 Å². The van der Waals surface area contributed by atoms with Crippen molar-refractivity contribution in [2.75, 3.05) is 13.2 Å². The first-order chi connectivity index (χ1) is 16.2. The molecular weight excluding hydrogens is 416 g/mol. The van der Waals surface area contributed by atoms with E-state index in [1.165, 1.54) is 0 Å². The second-order valence-electron chi connectivity index (χ2n) is 7.36. The van der Waals surface area contributed by atoms with Crippen LogP contribution in [0.1, 0.15) is 15.9 Å². The van der Waals surface area contributed by atoms with Gasteiger partial charge in [0.2, 0.25) is 5.91 Å². The van der Waals surface area contributed by atoms with E-state index in [0.717, 1.165) is 22.1 Å². The average molecular weight is 440 g/mol. The summed E-state index contributed by atoms with van der Waals surface area (Å²) in [5, 5.41) is 2.08. The van der Waals surface area contributed by atoms with Gasteiger partial charge in [-0.25, -0.2) is 0 Å². The maximum atomic E-state index is 12.5. The van der Waals surface area contributed by atoms with Crippen LogP contribution in [-0.4, -0.2) is 25.0 Å². The van der Waals surface area contributed by atoms with Crippen LogP contribution in [0.2, 0.25) is 0 Å². The molecule has 0 unspecified atom stereocenters. The summed E-state index contributed by atoms with van der Waals surface area (Å²) in [7, 11) is 0. The van der Waals surface area contributed by atoms with E-state index < -0.39 is 5.91 Å². The minimum absolute atomic E-state index is 0.159. The normalized spacial score (nSPS) is 10.4. The van der Waals surface area contributed by atoms with Gasteiger partial charge in [0.05, 0.1) is 6.42 Å². The number of nitrogens with one attached hydrogen (secondary N) is 2. The molecule has 2 amide bonds. The molecule has 166 valence electrons. The number of carbonyl (C=O) groups excluding carboxylic acids is 2. The molecule has 0 aliphatic rings. The Morgan fingerprint density at radius 3 is 2.18 bits per heavy atom. The van der Waals surface area contributed by atoms with Crippen molar-refractivity contribution in [1.82, 2.24) is 10.9 Å². The molecule has 33 heavy (non-hydrogen) atoms. The highest BCUT2D eigenvalue weighted by molar-refractivity contribution is 5.96. The first-order valence-electron chi connectivity index (χ1n) is 10.7. The summed E-state index contributed by atoms with van der Waals surface area (Å²) in [6.07, 6.45) is 0.159. The molecule has 4 aromatic rings. The minimum atomic E-state index is -0.424. The van der Waals surface area contributed by atoms with E-state index in [4.69, 9.17) is 9.47 Å². The lowest BCUT2D eigenvalue weighted by Crippen LogP contribution is -2.42. The number of carbonyl (C=O) groups is 2. The molecule has 0 aliphatic heterocycles. The van der Waals surface area contributed by atoms with Crippen molar-refractivity contribution in [1.29, 1.82) is 0 Å². The molecule has 6 nitrogen and oxygen atoms in total. The molecule has 0 bridgehead atoms. The number of hydrogen-bond donors (Lipinski definition) is 2. The maximum Gasteiger partial charge on any atom is 0.269 e. The lowest BCUT2D eigenvalue weighted by atomic mass is 10.0. The van der Waals surface area contributed by atoms with Gasteiger partial charge in [0.1, 0.15) is 24.7 Å². The Kier molecular flexibility index (Phi) is 7.18. The predicted molar refractivity (Wildman–Crippen MR) is 127 cm³/mol. The molecular formula is C27H24N2O4. The maximum absolute atomic E-state index is 12.5. The van der Waals surface area contributed by atoms with E-state index in [1.54, 1.807) is 24.3 Å². The van der Waals surface area contributed by atoms with Crippen LogP contribution in [-0.2, 0) is 11.2 Å². The van der Waals surface area contributed by atoms with Crippen LogP contribution in [0.15, 0.2) is 97.1 Å². The Bertz CT molecular complexity index is 1240. The van der Waals surface area contributed by atoms with Gasteiger partial charge in [0.25, 0.3) is 5.91 Å². The van der Waals surface area contributed by atoms with Crippen molar-refractivity contribution in [3.05, 3.63) is 108 Å². The fourth-order valence-electron chi connectivity index (χ4n) is 3.43. The Labute approximate surface area is 192 Å². The van der Waals surface area contributed by atoms with Gasteiger partial charge in [-0.3, -0.25) is 20.4 Å². The van der Waals surface area contributed by atoms with Crippen LogP contribution in [0, 0.1) is 0 Å². The van der Waals surface area contributed by atoms with Gasteiger partial charge in [-0.05, 0) is 46.7 Å². The third kappa shape index (κ3) is 6.11. The lowest BCUT2D eigenvalue weighted by molar-refractivity contribution is -0.121. The number of fused-ring (bicyclic) bond motifs is 1. The molecule has 0 aliphatic carbocycles. The fraction of sp³-hybridized carbons (Fsp3) is 0.111. The van der Waals surface area contributed by atoms with Crippen LogP contribution in [0.5, 0.6) is 11.5 Å². The average Bonchev–Trinajstić information content (AvgIpc) is 2.86. The SMILES string of the molecule is O=C(Cc1cccc2ccccc12)NNC(=O)c1cccc(OCCOc2ccccc2)c1. The third-order valence-corrected chi connectivity index (χ3v) is 5.01. The van der Waals surface area contributed by atoms with Crippen LogP contribution in [0.25, 0.3) is 10.8 Å². The zero-order valence-electron chi connectivity index (χ0n) is 18.0. The number of benzene rings is 4. The van der Waals surface area contributed by atoms with Crippen molar-refractivity contribution in [2.45, 2.75) is 6.42 Å². The highest BCUT2D eigenvalue weighted by atomic mass is 16.5. The number of hydrogen-bond acceptors (Lipinski definition) is 4. The van der Waals surface area contributed by atoms with Crippen molar-refractivity contribution in [2.24, 2.45) is 0 Å². The Morgan fingerprint density at radius 2 is 1.33 bits per heavy atom. The molecule has 2 N–H and O–H groups in total. The lowest BCUT2D eigenvalue weighted by Gasteiger charge is -2.11. The predicted octanol–water partition coefficient (Wildman–Crippen LogP) is 4.30. The molecule has 4 rings (SSSR count). The molecule has 0 saturated carbocycles. The van der Waals surface area contributed by atoms with Crippen molar-refractivity contribution < 1.29 is 19.1 Å². The van der Waals surface area contributed by atoms with Gasteiger partial charge in [-0.2, -0.15) is 0 Å². The van der Waals surface area contributed by atoms with Crippen molar-refractivity contribution in [3.8, 4) is 11.5 Å². The van der Waals surface area contributed by atoms with Gasteiger partial charge in [-0.1, -0.05) is 66.7 Å². The second kappa shape index (κ2) is 10.8. The summed E-state index contributed by atoms with van der Waals surface area (Å²) in [6.45, 7) is 0.715. The zero-order chi connectivity index (χ0) is 22.9. The summed E-state index contributed by atoms with van der Waals surface area (Å²) >= 11 is 0. The van der Waals surface area contributed by atoms with Crippen LogP contribution in [0.3, 0.4) is 0 Å². The van der Waals surface area contributed by atoms with E-state index in [2.05, 4.69) is 10.9 Å². The highest BCUT2D eigenvalue weighted by Gasteiger charge is 2.10. The van der Waals surface area contributed by atoms with Gasteiger partial charge in [-0.15, -0.1) is 0 Å². The number of ether oxygens (including phenoxy) is 2. The van der Waals surface area contributed by atoms with E-state index in [9.17, 15) is 9.59 Å². The Balaban J connectivity index is 1.26.